The van der Waals surface area contributed by atoms with E-state index in [1.54, 1.807) is 13.0 Å². The molecule has 0 heterocycles. The van der Waals surface area contributed by atoms with E-state index in [0.717, 1.165) is 18.4 Å². The lowest BCUT2D eigenvalue weighted by Gasteiger charge is -2.24. The van der Waals surface area contributed by atoms with Crippen LogP contribution in [0, 0.1) is 0 Å². The molecule has 114 valence electrons. The maximum absolute atomic E-state index is 11.7. The normalized spacial score (nSPS) is 15.0. The first-order valence-electron chi connectivity index (χ1n) is 6.93. The molecule has 0 aliphatic heterocycles. The Labute approximate surface area is 121 Å². The number of nitrogens with zero attached hydrogens (tertiary/aromatic N) is 1. The number of carbonyl (C=O) groups excluding carboxylic acids is 2. The molecule has 4 N–H and O–H groups in total. The van der Waals surface area contributed by atoms with Crippen molar-refractivity contribution in [3.8, 4) is 0 Å². The lowest BCUT2D eigenvalue weighted by molar-refractivity contribution is -0.115. The number of carbonyl (C=O) groups is 2. The maximum Gasteiger partial charge on any atom is 0.246 e. The van der Waals surface area contributed by atoms with Gasteiger partial charge in [0.05, 0.1) is 0 Å². The molecule has 0 aromatic heterocycles. The molecule has 0 aliphatic carbocycles. The molecule has 0 radical (unpaired) electrons. The van der Waals surface area contributed by atoms with Crippen LogP contribution in [0.25, 0.3) is 0 Å². The minimum absolute atomic E-state index is 0.0694. The highest BCUT2D eigenvalue weighted by Gasteiger charge is 2.20. The molecule has 2 amide bonds. The highest BCUT2D eigenvalue weighted by Crippen LogP contribution is 2.19. The molecule has 0 saturated heterocycles. The summed E-state index contributed by atoms with van der Waals surface area (Å²) in [7, 11) is 3.80. The topological polar surface area (TPSA) is 89.4 Å². The Morgan fingerprint density at radius 2 is 1.70 bits per heavy atom. The van der Waals surface area contributed by atoms with Crippen molar-refractivity contribution in [1.82, 2.24) is 4.90 Å². The Morgan fingerprint density at radius 3 is 2.00 bits per heavy atom. The number of hydrogen-bond donors (Lipinski definition) is 2. The van der Waals surface area contributed by atoms with Gasteiger partial charge < -0.3 is 16.4 Å². The van der Waals surface area contributed by atoms with Crippen LogP contribution in [-0.2, 0) is 9.59 Å². The molecular formula is C15H27N3O2. The first-order chi connectivity index (χ1) is 9.26. The summed E-state index contributed by atoms with van der Waals surface area (Å²) in [5, 5.41) is 0. The van der Waals surface area contributed by atoms with Gasteiger partial charge in [-0.05, 0) is 45.5 Å². The standard InChI is InChI=1S/C15H27N3O2/c1-6-8-11(10(3)14(16)19)9-12(15(17)20)13(7-2)18(4)5/h9,13H,6-8H2,1-5H3,(H2,16,19)(H2,17,20)/b11-10+,12-9-. The van der Waals surface area contributed by atoms with Crippen LogP contribution in [0.4, 0.5) is 0 Å². The van der Waals surface area contributed by atoms with Crippen molar-refractivity contribution in [2.75, 3.05) is 14.1 Å². The van der Waals surface area contributed by atoms with Crippen LogP contribution >= 0.6 is 0 Å². The van der Waals surface area contributed by atoms with Crippen LogP contribution in [0.2, 0.25) is 0 Å². The zero-order valence-corrected chi connectivity index (χ0v) is 13.2. The van der Waals surface area contributed by atoms with Gasteiger partial charge in [-0.25, -0.2) is 0 Å². The van der Waals surface area contributed by atoms with Crippen LogP contribution < -0.4 is 11.5 Å². The summed E-state index contributed by atoms with van der Waals surface area (Å²) in [5.41, 5.74) is 12.6. The highest BCUT2D eigenvalue weighted by atomic mass is 16.1. The predicted molar refractivity (Wildman–Crippen MR) is 81.8 cm³/mol. The van der Waals surface area contributed by atoms with E-state index >= 15 is 0 Å². The second-order valence-electron chi connectivity index (χ2n) is 5.12. The van der Waals surface area contributed by atoms with E-state index in [1.165, 1.54) is 0 Å². The van der Waals surface area contributed by atoms with Crippen molar-refractivity contribution < 1.29 is 9.59 Å². The summed E-state index contributed by atoms with van der Waals surface area (Å²) >= 11 is 0. The predicted octanol–water partition coefficient (Wildman–Crippen LogP) is 1.34. The summed E-state index contributed by atoms with van der Waals surface area (Å²) in [5.74, 6) is -0.928. The van der Waals surface area contributed by atoms with Crippen molar-refractivity contribution in [1.29, 1.82) is 0 Å². The lowest BCUT2D eigenvalue weighted by Crippen LogP contribution is -2.35. The first-order valence-corrected chi connectivity index (χ1v) is 6.93. The SMILES string of the molecule is CCCC(/C=C(\C(N)=O)C(CC)N(C)C)=C(/C)C(N)=O. The Kier molecular flexibility index (Phi) is 7.84. The summed E-state index contributed by atoms with van der Waals surface area (Å²) in [6.07, 6.45) is 4.05. The second kappa shape index (κ2) is 8.53. The monoisotopic (exact) mass is 281 g/mol. The van der Waals surface area contributed by atoms with Gasteiger partial charge in [-0.2, -0.15) is 0 Å². The van der Waals surface area contributed by atoms with Crippen molar-refractivity contribution in [2.45, 2.75) is 46.1 Å². The van der Waals surface area contributed by atoms with Gasteiger partial charge in [0.25, 0.3) is 0 Å². The minimum Gasteiger partial charge on any atom is -0.366 e. The Hall–Kier alpha value is -1.62. The fourth-order valence-electron chi connectivity index (χ4n) is 2.18. The lowest BCUT2D eigenvalue weighted by atomic mass is 9.95. The molecule has 0 bridgehead atoms. The average molecular weight is 281 g/mol. The van der Waals surface area contributed by atoms with Crippen molar-refractivity contribution in [2.24, 2.45) is 11.5 Å². The third-order valence-corrected chi connectivity index (χ3v) is 3.35. The van der Waals surface area contributed by atoms with Crippen LogP contribution in [0.3, 0.4) is 0 Å². The summed E-state index contributed by atoms with van der Waals surface area (Å²) in [6.45, 7) is 5.68. The number of amides is 2. The Bertz CT molecular complexity index is 423. The molecule has 0 saturated carbocycles. The first kappa shape index (κ1) is 18.4. The van der Waals surface area contributed by atoms with Crippen LogP contribution in [0.15, 0.2) is 22.8 Å². The van der Waals surface area contributed by atoms with E-state index in [-0.39, 0.29) is 6.04 Å². The molecule has 5 heteroatoms. The smallest absolute Gasteiger partial charge is 0.246 e. The zero-order valence-electron chi connectivity index (χ0n) is 13.2. The zero-order chi connectivity index (χ0) is 15.9. The molecule has 0 rings (SSSR count). The van der Waals surface area contributed by atoms with Gasteiger partial charge in [-0.1, -0.05) is 20.3 Å². The second-order valence-corrected chi connectivity index (χ2v) is 5.12. The number of primary amides is 2. The van der Waals surface area contributed by atoms with Gasteiger partial charge in [0.15, 0.2) is 0 Å². The largest absolute Gasteiger partial charge is 0.366 e. The van der Waals surface area contributed by atoms with Crippen molar-refractivity contribution >= 4 is 11.8 Å². The quantitative estimate of drug-likeness (QED) is 0.519. The van der Waals surface area contributed by atoms with E-state index in [2.05, 4.69) is 0 Å². The number of likely N-dealkylation sites (N-methyl/N-ethyl adjacent to an activating group) is 1. The maximum atomic E-state index is 11.7. The van der Waals surface area contributed by atoms with E-state index in [9.17, 15) is 9.59 Å². The van der Waals surface area contributed by atoms with Gasteiger partial charge >= 0.3 is 0 Å². The number of hydrogen-bond acceptors (Lipinski definition) is 3. The number of rotatable bonds is 8. The fourth-order valence-corrected chi connectivity index (χ4v) is 2.18. The van der Waals surface area contributed by atoms with E-state index in [0.29, 0.717) is 17.6 Å². The number of nitrogens with two attached hydrogens (primary N) is 2. The summed E-state index contributed by atoms with van der Waals surface area (Å²) < 4.78 is 0. The van der Waals surface area contributed by atoms with Crippen molar-refractivity contribution in [3.05, 3.63) is 22.8 Å². The number of allylic oxidation sites excluding steroid dienone is 2. The summed E-state index contributed by atoms with van der Waals surface area (Å²) in [6, 6.07) is -0.0694. The fraction of sp³-hybridized carbons (Fsp3) is 0.600. The van der Waals surface area contributed by atoms with Gasteiger partial charge in [0, 0.05) is 17.2 Å². The molecule has 0 aromatic rings. The van der Waals surface area contributed by atoms with Gasteiger partial charge in [-0.3, -0.25) is 9.59 Å². The third kappa shape index (κ3) is 5.17. The van der Waals surface area contributed by atoms with E-state index < -0.39 is 11.8 Å². The van der Waals surface area contributed by atoms with Crippen LogP contribution in [-0.4, -0.2) is 36.9 Å². The highest BCUT2D eigenvalue weighted by molar-refractivity contribution is 5.96. The third-order valence-electron chi connectivity index (χ3n) is 3.35. The van der Waals surface area contributed by atoms with Crippen LogP contribution in [0.1, 0.15) is 40.0 Å². The van der Waals surface area contributed by atoms with E-state index in [1.807, 2.05) is 32.8 Å². The molecule has 0 aliphatic rings. The van der Waals surface area contributed by atoms with Gasteiger partial charge in [0.2, 0.25) is 11.8 Å². The molecule has 1 unspecified atom stereocenters. The molecule has 0 spiro atoms. The molecular weight excluding hydrogens is 254 g/mol. The van der Waals surface area contributed by atoms with E-state index in [4.69, 9.17) is 11.5 Å². The average Bonchev–Trinajstić information content (AvgIpc) is 2.35. The molecule has 5 nitrogen and oxygen atoms in total. The molecule has 20 heavy (non-hydrogen) atoms. The van der Waals surface area contributed by atoms with Gasteiger partial charge in [-0.15, -0.1) is 0 Å². The Balaban J connectivity index is 5.81. The Morgan fingerprint density at radius 1 is 1.15 bits per heavy atom. The molecule has 0 aromatic carbocycles. The molecule has 1 atom stereocenters. The molecule has 0 fully saturated rings. The van der Waals surface area contributed by atoms with Crippen molar-refractivity contribution in [3.63, 3.8) is 0 Å². The van der Waals surface area contributed by atoms with Gasteiger partial charge in [0.1, 0.15) is 0 Å². The minimum atomic E-state index is -0.466. The summed E-state index contributed by atoms with van der Waals surface area (Å²) in [4.78, 5) is 25.0. The van der Waals surface area contributed by atoms with Crippen LogP contribution in [0.5, 0.6) is 0 Å².